The highest BCUT2D eigenvalue weighted by molar-refractivity contribution is 7.99. The topological polar surface area (TPSA) is 83.1 Å². The normalized spacial score (nSPS) is 13.6. The van der Waals surface area contributed by atoms with Crippen molar-refractivity contribution in [2.75, 3.05) is 12.3 Å². The molecule has 1 aliphatic rings. The van der Waals surface area contributed by atoms with E-state index in [0.29, 0.717) is 27.7 Å². The summed E-state index contributed by atoms with van der Waals surface area (Å²) < 4.78 is 0. The molecule has 6 nitrogen and oxygen atoms in total. The number of imide groups is 1. The minimum Gasteiger partial charge on any atom is -0.301 e. The molecule has 0 atom stereocenters. The molecule has 3 rings (SSSR count). The Hall–Kier alpha value is -2.41. The molecule has 0 fully saturated rings. The number of aromatic nitrogens is 2. The van der Waals surface area contributed by atoms with E-state index in [4.69, 9.17) is 0 Å². The van der Waals surface area contributed by atoms with Crippen molar-refractivity contribution >= 4 is 23.6 Å². The third kappa shape index (κ3) is 2.67. The molecular formula is C15H13N3O3S. The van der Waals surface area contributed by atoms with Gasteiger partial charge in [-0.15, -0.1) is 0 Å². The van der Waals surface area contributed by atoms with Crippen molar-refractivity contribution in [3.63, 3.8) is 0 Å². The number of rotatable bonds is 4. The van der Waals surface area contributed by atoms with E-state index in [0.717, 1.165) is 0 Å². The lowest BCUT2D eigenvalue weighted by molar-refractivity contribution is 0.0664. The summed E-state index contributed by atoms with van der Waals surface area (Å²) >= 11 is 1.31. The van der Waals surface area contributed by atoms with Crippen molar-refractivity contribution in [1.29, 1.82) is 0 Å². The number of amides is 2. The average molecular weight is 315 g/mol. The SMILES string of the molecule is Cc1cc(=O)[nH]c(SCCN2C(=O)c3ccccc3C2=O)n1. The van der Waals surface area contributed by atoms with Crippen LogP contribution in [0.4, 0.5) is 0 Å². The van der Waals surface area contributed by atoms with Crippen molar-refractivity contribution in [2.45, 2.75) is 12.1 Å². The molecule has 1 aromatic carbocycles. The minimum absolute atomic E-state index is 0.212. The van der Waals surface area contributed by atoms with Crippen molar-refractivity contribution < 1.29 is 9.59 Å². The molecule has 2 aromatic rings. The van der Waals surface area contributed by atoms with Gasteiger partial charge in [-0.2, -0.15) is 0 Å². The molecule has 2 heterocycles. The van der Waals surface area contributed by atoms with Gasteiger partial charge in [0.2, 0.25) is 0 Å². The van der Waals surface area contributed by atoms with Gasteiger partial charge in [0.05, 0.1) is 11.1 Å². The second-order valence-electron chi connectivity index (χ2n) is 4.85. The molecule has 22 heavy (non-hydrogen) atoms. The van der Waals surface area contributed by atoms with Crippen LogP contribution in [0.2, 0.25) is 0 Å². The van der Waals surface area contributed by atoms with E-state index >= 15 is 0 Å². The lowest BCUT2D eigenvalue weighted by Gasteiger charge is -2.12. The summed E-state index contributed by atoms with van der Waals surface area (Å²) in [6.45, 7) is 2.01. The van der Waals surface area contributed by atoms with Crippen LogP contribution < -0.4 is 5.56 Å². The maximum atomic E-state index is 12.2. The molecule has 0 aliphatic carbocycles. The van der Waals surface area contributed by atoms with Crippen LogP contribution in [-0.2, 0) is 0 Å². The molecule has 1 N–H and O–H groups in total. The highest BCUT2D eigenvalue weighted by atomic mass is 32.2. The predicted molar refractivity (Wildman–Crippen MR) is 82.1 cm³/mol. The Morgan fingerprint density at radius 2 is 1.77 bits per heavy atom. The standard InChI is InChI=1S/C15H13N3O3S/c1-9-8-12(19)17-15(16-9)22-7-6-18-13(20)10-4-2-3-5-11(10)14(18)21/h2-5,8H,6-7H2,1H3,(H,16,17,19). The maximum absolute atomic E-state index is 12.2. The van der Waals surface area contributed by atoms with Crippen LogP contribution in [0.3, 0.4) is 0 Å². The monoisotopic (exact) mass is 315 g/mol. The Kier molecular flexibility index (Phi) is 3.81. The maximum Gasteiger partial charge on any atom is 0.261 e. The van der Waals surface area contributed by atoms with Crippen LogP contribution in [-0.4, -0.2) is 39.0 Å². The zero-order valence-corrected chi connectivity index (χ0v) is 12.6. The number of hydrogen-bond acceptors (Lipinski definition) is 5. The van der Waals surface area contributed by atoms with Crippen molar-refractivity contribution in [2.24, 2.45) is 0 Å². The zero-order chi connectivity index (χ0) is 15.7. The molecule has 7 heteroatoms. The van der Waals surface area contributed by atoms with Crippen molar-refractivity contribution in [3.8, 4) is 0 Å². The van der Waals surface area contributed by atoms with Crippen molar-refractivity contribution in [3.05, 3.63) is 57.5 Å². The highest BCUT2D eigenvalue weighted by Crippen LogP contribution is 2.23. The first kappa shape index (κ1) is 14.5. The van der Waals surface area contributed by atoms with E-state index in [-0.39, 0.29) is 23.9 Å². The summed E-state index contributed by atoms with van der Waals surface area (Å²) in [6, 6.07) is 8.20. The Labute approximate surface area is 130 Å². The smallest absolute Gasteiger partial charge is 0.261 e. The van der Waals surface area contributed by atoms with E-state index in [9.17, 15) is 14.4 Å². The van der Waals surface area contributed by atoms with Gasteiger partial charge >= 0.3 is 0 Å². The van der Waals surface area contributed by atoms with Crippen molar-refractivity contribution in [1.82, 2.24) is 14.9 Å². The molecular weight excluding hydrogens is 302 g/mol. The molecule has 112 valence electrons. The van der Waals surface area contributed by atoms with Gasteiger partial charge in [0.1, 0.15) is 0 Å². The Balaban J connectivity index is 1.67. The Bertz CT molecular complexity index is 781. The van der Waals surface area contributed by atoms with Gasteiger partial charge < -0.3 is 4.98 Å². The zero-order valence-electron chi connectivity index (χ0n) is 11.8. The van der Waals surface area contributed by atoms with Gasteiger partial charge in [0.25, 0.3) is 17.4 Å². The number of thioether (sulfide) groups is 1. The van der Waals surface area contributed by atoms with Crippen LogP contribution in [0.1, 0.15) is 26.4 Å². The summed E-state index contributed by atoms with van der Waals surface area (Å²) in [5.41, 5.74) is 1.31. The van der Waals surface area contributed by atoms with Gasteiger partial charge in [0, 0.05) is 24.1 Å². The second-order valence-corrected chi connectivity index (χ2v) is 5.93. The number of carbonyl (C=O) groups is 2. The molecule has 2 amide bonds. The summed E-state index contributed by atoms with van der Waals surface area (Å²) in [7, 11) is 0. The quantitative estimate of drug-likeness (QED) is 0.525. The van der Waals surface area contributed by atoms with E-state index in [1.165, 1.54) is 22.7 Å². The van der Waals surface area contributed by atoms with Gasteiger partial charge in [-0.3, -0.25) is 19.3 Å². The Morgan fingerprint density at radius 1 is 1.14 bits per heavy atom. The van der Waals surface area contributed by atoms with Crippen LogP contribution in [0.15, 0.2) is 40.3 Å². The largest absolute Gasteiger partial charge is 0.301 e. The summed E-state index contributed by atoms with van der Waals surface area (Å²) in [4.78, 5) is 43.8. The van der Waals surface area contributed by atoms with Crippen LogP contribution in [0.5, 0.6) is 0 Å². The summed E-state index contributed by atoms with van der Waals surface area (Å²) in [5, 5.41) is 0.488. The predicted octanol–water partition coefficient (Wildman–Crippen LogP) is 1.47. The molecule has 0 saturated heterocycles. The van der Waals surface area contributed by atoms with Gasteiger partial charge in [-0.25, -0.2) is 4.98 Å². The van der Waals surface area contributed by atoms with Gasteiger partial charge in [-0.1, -0.05) is 23.9 Å². The number of nitrogens with one attached hydrogen (secondary N) is 1. The van der Waals surface area contributed by atoms with E-state index in [2.05, 4.69) is 9.97 Å². The number of benzene rings is 1. The molecule has 0 spiro atoms. The first-order chi connectivity index (χ1) is 10.6. The fourth-order valence-corrected chi connectivity index (χ4v) is 3.14. The fraction of sp³-hybridized carbons (Fsp3) is 0.200. The average Bonchev–Trinajstić information content (AvgIpc) is 2.72. The first-order valence-corrected chi connectivity index (χ1v) is 7.71. The van der Waals surface area contributed by atoms with Crippen LogP contribution in [0.25, 0.3) is 0 Å². The lowest BCUT2D eigenvalue weighted by Crippen LogP contribution is -2.31. The van der Waals surface area contributed by atoms with E-state index in [1.807, 2.05) is 0 Å². The third-order valence-electron chi connectivity index (χ3n) is 3.28. The summed E-state index contributed by atoms with van der Waals surface area (Å²) in [5.74, 6) is -0.0727. The molecule has 1 aliphatic heterocycles. The number of fused-ring (bicyclic) bond motifs is 1. The van der Waals surface area contributed by atoms with Crippen LogP contribution in [0, 0.1) is 6.92 Å². The molecule has 1 aromatic heterocycles. The van der Waals surface area contributed by atoms with Crippen LogP contribution >= 0.6 is 11.8 Å². The fourth-order valence-electron chi connectivity index (χ4n) is 2.30. The van der Waals surface area contributed by atoms with Gasteiger partial charge in [-0.05, 0) is 19.1 Å². The number of H-pyrrole nitrogens is 1. The molecule has 0 bridgehead atoms. The first-order valence-electron chi connectivity index (χ1n) is 6.72. The molecule has 0 saturated carbocycles. The number of hydrogen-bond donors (Lipinski definition) is 1. The molecule has 0 radical (unpaired) electrons. The number of nitrogens with zero attached hydrogens (tertiary/aromatic N) is 2. The van der Waals surface area contributed by atoms with E-state index < -0.39 is 0 Å². The second kappa shape index (κ2) is 5.76. The van der Waals surface area contributed by atoms with E-state index in [1.54, 1.807) is 31.2 Å². The minimum atomic E-state index is -0.271. The number of carbonyl (C=O) groups excluding carboxylic acids is 2. The molecule has 0 unspecified atom stereocenters. The Morgan fingerprint density at radius 3 is 2.36 bits per heavy atom. The number of aromatic amines is 1. The summed E-state index contributed by atoms with van der Waals surface area (Å²) in [6.07, 6.45) is 0. The van der Waals surface area contributed by atoms with Gasteiger partial charge in [0.15, 0.2) is 5.16 Å². The third-order valence-corrected chi connectivity index (χ3v) is 4.13. The number of aryl methyl sites for hydroxylation is 1. The highest BCUT2D eigenvalue weighted by Gasteiger charge is 2.34. The lowest BCUT2D eigenvalue weighted by atomic mass is 10.1.